The Hall–Kier alpha value is -3.52. The van der Waals surface area contributed by atoms with Gasteiger partial charge in [0.15, 0.2) is 5.11 Å². The molecule has 0 spiro atoms. The Bertz CT molecular complexity index is 990. The van der Waals surface area contributed by atoms with E-state index in [0.717, 1.165) is 16.7 Å². The van der Waals surface area contributed by atoms with Crippen LogP contribution in [0, 0.1) is 12.8 Å². The monoisotopic (exact) mass is 436 g/mol. The SMILES string of the molecule is Cc1ccc(/C=C/C(=O)NC(=S)NNC(=O)C2CC(=O)N(Cc3ccccc3)C2)cc1. The van der Waals surface area contributed by atoms with Crippen LogP contribution >= 0.6 is 12.2 Å². The number of rotatable bonds is 5. The Balaban J connectivity index is 1.41. The third kappa shape index (κ3) is 6.75. The van der Waals surface area contributed by atoms with Crippen LogP contribution in [0.4, 0.5) is 0 Å². The van der Waals surface area contributed by atoms with Gasteiger partial charge in [0.1, 0.15) is 0 Å². The predicted molar refractivity (Wildman–Crippen MR) is 122 cm³/mol. The van der Waals surface area contributed by atoms with E-state index in [-0.39, 0.29) is 23.3 Å². The number of benzene rings is 2. The van der Waals surface area contributed by atoms with Gasteiger partial charge in [-0.2, -0.15) is 0 Å². The molecule has 160 valence electrons. The van der Waals surface area contributed by atoms with E-state index in [9.17, 15) is 14.4 Å². The Labute approximate surface area is 186 Å². The van der Waals surface area contributed by atoms with Gasteiger partial charge in [0, 0.05) is 25.6 Å². The molecule has 1 atom stereocenters. The van der Waals surface area contributed by atoms with Gasteiger partial charge in [-0.1, -0.05) is 60.2 Å². The average molecular weight is 437 g/mol. The second-order valence-corrected chi connectivity index (χ2v) is 7.75. The van der Waals surface area contributed by atoms with Crippen molar-refractivity contribution in [3.63, 3.8) is 0 Å². The van der Waals surface area contributed by atoms with Crippen molar-refractivity contribution in [2.45, 2.75) is 19.9 Å². The fraction of sp³-hybridized carbons (Fsp3) is 0.217. The van der Waals surface area contributed by atoms with Crippen molar-refractivity contribution in [2.24, 2.45) is 5.92 Å². The molecule has 0 bridgehead atoms. The first-order valence-corrected chi connectivity index (χ1v) is 10.3. The Morgan fingerprint density at radius 2 is 1.81 bits per heavy atom. The van der Waals surface area contributed by atoms with Gasteiger partial charge in [-0.25, -0.2) is 0 Å². The zero-order valence-corrected chi connectivity index (χ0v) is 17.9. The molecule has 0 aromatic heterocycles. The highest BCUT2D eigenvalue weighted by molar-refractivity contribution is 7.80. The number of hydrogen-bond donors (Lipinski definition) is 3. The van der Waals surface area contributed by atoms with Gasteiger partial charge in [0.2, 0.25) is 17.7 Å². The van der Waals surface area contributed by atoms with Crippen LogP contribution in [-0.2, 0) is 20.9 Å². The summed E-state index contributed by atoms with van der Waals surface area (Å²) in [5.41, 5.74) is 8.01. The lowest BCUT2D eigenvalue weighted by Gasteiger charge is -2.17. The van der Waals surface area contributed by atoms with Crippen LogP contribution in [0.5, 0.6) is 0 Å². The van der Waals surface area contributed by atoms with E-state index in [1.54, 1.807) is 11.0 Å². The van der Waals surface area contributed by atoms with Crippen LogP contribution in [0.25, 0.3) is 6.08 Å². The van der Waals surface area contributed by atoms with E-state index >= 15 is 0 Å². The quantitative estimate of drug-likeness (QED) is 0.379. The number of hydrogen-bond acceptors (Lipinski definition) is 4. The van der Waals surface area contributed by atoms with E-state index in [0.29, 0.717) is 13.1 Å². The molecule has 1 unspecified atom stereocenters. The smallest absolute Gasteiger partial charge is 0.250 e. The standard InChI is InChI=1S/C23H24N4O3S/c1-16-7-9-17(10-8-16)11-12-20(28)24-23(31)26-25-22(30)19-13-21(29)27(15-19)14-18-5-3-2-4-6-18/h2-12,19H,13-15H2,1H3,(H,25,30)(H2,24,26,28,31)/b12-11+. The highest BCUT2D eigenvalue weighted by Gasteiger charge is 2.34. The van der Waals surface area contributed by atoms with Crippen LogP contribution < -0.4 is 16.2 Å². The molecule has 31 heavy (non-hydrogen) atoms. The molecule has 7 nitrogen and oxygen atoms in total. The summed E-state index contributed by atoms with van der Waals surface area (Å²) in [6.07, 6.45) is 3.16. The number of likely N-dealkylation sites (tertiary alicyclic amines) is 1. The Morgan fingerprint density at radius 3 is 2.52 bits per heavy atom. The van der Waals surface area contributed by atoms with Crippen molar-refractivity contribution >= 4 is 41.1 Å². The van der Waals surface area contributed by atoms with Crippen molar-refractivity contribution in [3.8, 4) is 0 Å². The summed E-state index contributed by atoms with van der Waals surface area (Å²) < 4.78 is 0. The Morgan fingerprint density at radius 1 is 1.10 bits per heavy atom. The van der Waals surface area contributed by atoms with Crippen LogP contribution in [-0.4, -0.2) is 34.3 Å². The zero-order valence-electron chi connectivity index (χ0n) is 17.1. The van der Waals surface area contributed by atoms with Gasteiger partial charge >= 0.3 is 0 Å². The van der Waals surface area contributed by atoms with Crippen molar-refractivity contribution < 1.29 is 14.4 Å². The van der Waals surface area contributed by atoms with E-state index < -0.39 is 11.8 Å². The second-order valence-electron chi connectivity index (χ2n) is 7.34. The molecule has 3 N–H and O–H groups in total. The van der Waals surface area contributed by atoms with Crippen molar-refractivity contribution in [2.75, 3.05) is 6.54 Å². The minimum Gasteiger partial charge on any atom is -0.338 e. The predicted octanol–water partition coefficient (Wildman–Crippen LogP) is 2.08. The molecule has 1 fully saturated rings. The number of nitrogens with zero attached hydrogens (tertiary/aromatic N) is 1. The first-order chi connectivity index (χ1) is 14.9. The third-order valence-corrected chi connectivity index (χ3v) is 5.05. The molecule has 8 heteroatoms. The van der Waals surface area contributed by atoms with Gasteiger partial charge in [-0.3, -0.25) is 30.6 Å². The van der Waals surface area contributed by atoms with E-state index in [1.807, 2.05) is 61.5 Å². The summed E-state index contributed by atoms with van der Waals surface area (Å²) in [6, 6.07) is 17.3. The molecule has 3 amide bonds. The van der Waals surface area contributed by atoms with Crippen LogP contribution in [0.2, 0.25) is 0 Å². The van der Waals surface area contributed by atoms with Crippen molar-refractivity contribution in [1.29, 1.82) is 0 Å². The lowest BCUT2D eigenvalue weighted by Crippen LogP contribution is -2.50. The van der Waals surface area contributed by atoms with Gasteiger partial charge in [-0.05, 0) is 36.3 Å². The van der Waals surface area contributed by atoms with E-state index in [1.165, 1.54) is 6.08 Å². The number of hydrazine groups is 1. The lowest BCUT2D eigenvalue weighted by atomic mass is 10.1. The molecule has 1 aliphatic heterocycles. The molecular weight excluding hydrogens is 412 g/mol. The molecule has 1 heterocycles. The summed E-state index contributed by atoms with van der Waals surface area (Å²) in [7, 11) is 0. The topological polar surface area (TPSA) is 90.5 Å². The first kappa shape index (κ1) is 22.2. The van der Waals surface area contributed by atoms with Crippen molar-refractivity contribution in [3.05, 3.63) is 77.4 Å². The maximum atomic E-state index is 12.4. The fourth-order valence-corrected chi connectivity index (χ4v) is 3.31. The molecule has 1 saturated heterocycles. The normalized spacial score (nSPS) is 15.7. The number of nitrogens with one attached hydrogen (secondary N) is 3. The average Bonchev–Trinajstić information content (AvgIpc) is 3.12. The van der Waals surface area contributed by atoms with Gasteiger partial charge < -0.3 is 4.90 Å². The fourth-order valence-electron chi connectivity index (χ4n) is 3.16. The molecular formula is C23H24N4O3S. The molecule has 2 aromatic carbocycles. The molecule has 3 rings (SSSR count). The Kier molecular flexibility index (Phi) is 7.50. The highest BCUT2D eigenvalue weighted by atomic mass is 32.1. The summed E-state index contributed by atoms with van der Waals surface area (Å²) in [4.78, 5) is 38.2. The molecule has 0 radical (unpaired) electrons. The third-order valence-electron chi connectivity index (χ3n) is 4.84. The van der Waals surface area contributed by atoms with E-state index in [4.69, 9.17) is 12.2 Å². The molecule has 0 saturated carbocycles. The molecule has 2 aromatic rings. The minimum absolute atomic E-state index is 0.0302. The summed E-state index contributed by atoms with van der Waals surface area (Å²) in [5, 5.41) is 2.43. The van der Waals surface area contributed by atoms with Crippen LogP contribution in [0.15, 0.2) is 60.7 Å². The van der Waals surface area contributed by atoms with Gasteiger partial charge in [-0.15, -0.1) is 0 Å². The summed E-state index contributed by atoms with van der Waals surface area (Å²) >= 11 is 5.04. The van der Waals surface area contributed by atoms with Gasteiger partial charge in [0.05, 0.1) is 5.92 Å². The second kappa shape index (κ2) is 10.5. The first-order valence-electron chi connectivity index (χ1n) is 9.88. The van der Waals surface area contributed by atoms with Crippen LogP contribution in [0.3, 0.4) is 0 Å². The number of carbonyl (C=O) groups excluding carboxylic acids is 3. The van der Waals surface area contributed by atoms with Crippen LogP contribution in [0.1, 0.15) is 23.1 Å². The maximum Gasteiger partial charge on any atom is 0.250 e. The zero-order chi connectivity index (χ0) is 22.2. The molecule has 0 aliphatic carbocycles. The number of aryl methyl sites for hydroxylation is 1. The number of amides is 3. The number of thiocarbonyl (C=S) groups is 1. The van der Waals surface area contributed by atoms with Gasteiger partial charge in [0.25, 0.3) is 0 Å². The highest BCUT2D eigenvalue weighted by Crippen LogP contribution is 2.20. The largest absolute Gasteiger partial charge is 0.338 e. The summed E-state index contributed by atoms with van der Waals surface area (Å²) in [6.45, 7) is 2.79. The maximum absolute atomic E-state index is 12.4. The summed E-state index contributed by atoms with van der Waals surface area (Å²) in [5.74, 6) is -1.32. The van der Waals surface area contributed by atoms with E-state index in [2.05, 4.69) is 16.2 Å². The van der Waals surface area contributed by atoms with Crippen molar-refractivity contribution in [1.82, 2.24) is 21.1 Å². The number of carbonyl (C=O) groups is 3. The minimum atomic E-state index is -0.483. The molecule has 1 aliphatic rings. The lowest BCUT2D eigenvalue weighted by molar-refractivity contribution is -0.129.